The normalized spacial score (nSPS) is 31.2. The van der Waals surface area contributed by atoms with Crippen LogP contribution in [0.5, 0.6) is 0 Å². The van der Waals surface area contributed by atoms with Crippen molar-refractivity contribution in [1.82, 2.24) is 15.5 Å². The van der Waals surface area contributed by atoms with Crippen LogP contribution in [-0.2, 0) is 11.2 Å². The van der Waals surface area contributed by atoms with E-state index >= 15 is 0 Å². The molecule has 4 fully saturated rings. The quantitative estimate of drug-likeness (QED) is 0.872. The molecular weight excluding hydrogens is 345 g/mol. The maximum absolute atomic E-state index is 13.8. The topological polar surface area (TPSA) is 68.0 Å². The standard InChI is InChI=1S/C21H24FN3O2/c22-17-4-2-1-3-16(17)19-24-18(27-25-19)5-6-23-20(26)21-10-13-7-14(11-21)9-15(8-13)12-21/h1-4,13-15H,5-12H2,(H,23,26). The first-order valence-electron chi connectivity index (χ1n) is 9.97. The monoisotopic (exact) mass is 369 g/mol. The number of amides is 1. The molecule has 27 heavy (non-hydrogen) atoms. The predicted molar refractivity (Wildman–Crippen MR) is 97.0 cm³/mol. The second-order valence-electron chi connectivity index (χ2n) is 8.70. The molecule has 4 bridgehead atoms. The second kappa shape index (κ2) is 6.43. The zero-order valence-corrected chi connectivity index (χ0v) is 15.3. The molecular formula is C21H24FN3O2. The van der Waals surface area contributed by atoms with Crippen molar-refractivity contribution in [2.45, 2.75) is 44.9 Å². The van der Waals surface area contributed by atoms with Crippen LogP contribution >= 0.6 is 0 Å². The molecule has 6 heteroatoms. The molecule has 142 valence electrons. The molecule has 1 aromatic heterocycles. The van der Waals surface area contributed by atoms with E-state index in [1.807, 2.05) is 0 Å². The zero-order chi connectivity index (χ0) is 18.4. The molecule has 0 radical (unpaired) electrons. The van der Waals surface area contributed by atoms with Gasteiger partial charge in [0.15, 0.2) is 0 Å². The van der Waals surface area contributed by atoms with E-state index in [1.54, 1.807) is 18.2 Å². The molecule has 4 saturated carbocycles. The highest BCUT2D eigenvalue weighted by Gasteiger charge is 2.54. The molecule has 0 spiro atoms. The third-order valence-corrected chi connectivity index (χ3v) is 6.73. The Labute approximate surface area is 157 Å². The summed E-state index contributed by atoms with van der Waals surface area (Å²) < 4.78 is 19.0. The lowest BCUT2D eigenvalue weighted by molar-refractivity contribution is -0.146. The highest BCUT2D eigenvalue weighted by molar-refractivity contribution is 5.83. The fraction of sp³-hybridized carbons (Fsp3) is 0.571. The highest BCUT2D eigenvalue weighted by Crippen LogP contribution is 2.60. The molecule has 0 atom stereocenters. The van der Waals surface area contributed by atoms with E-state index in [1.165, 1.54) is 25.3 Å². The van der Waals surface area contributed by atoms with E-state index in [4.69, 9.17) is 4.52 Å². The van der Waals surface area contributed by atoms with Crippen molar-refractivity contribution in [1.29, 1.82) is 0 Å². The van der Waals surface area contributed by atoms with E-state index in [0.29, 0.717) is 24.4 Å². The third-order valence-electron chi connectivity index (χ3n) is 6.73. The Balaban J connectivity index is 1.20. The summed E-state index contributed by atoms with van der Waals surface area (Å²) in [7, 11) is 0. The predicted octanol–water partition coefficient (Wildman–Crippen LogP) is 3.75. The van der Waals surface area contributed by atoms with Gasteiger partial charge in [-0.05, 0) is 68.4 Å². The van der Waals surface area contributed by atoms with E-state index in [9.17, 15) is 9.18 Å². The Morgan fingerprint density at radius 2 is 1.81 bits per heavy atom. The second-order valence-corrected chi connectivity index (χ2v) is 8.70. The fourth-order valence-electron chi connectivity index (χ4n) is 5.97. The molecule has 0 unspecified atom stereocenters. The number of carbonyl (C=O) groups excluding carboxylic acids is 1. The summed E-state index contributed by atoms with van der Waals surface area (Å²) in [5.41, 5.74) is 0.187. The summed E-state index contributed by atoms with van der Waals surface area (Å²) in [6.45, 7) is 0.472. The summed E-state index contributed by atoms with van der Waals surface area (Å²) in [5.74, 6) is 2.74. The van der Waals surface area contributed by atoms with Crippen molar-refractivity contribution in [3.63, 3.8) is 0 Å². The SMILES string of the molecule is O=C(NCCc1nc(-c2ccccc2F)no1)C12CC3CC(CC(C3)C1)C2. The molecule has 6 rings (SSSR count). The van der Waals surface area contributed by atoms with Gasteiger partial charge in [-0.25, -0.2) is 4.39 Å². The van der Waals surface area contributed by atoms with Gasteiger partial charge in [-0.3, -0.25) is 4.79 Å². The van der Waals surface area contributed by atoms with Crippen LogP contribution in [-0.4, -0.2) is 22.6 Å². The van der Waals surface area contributed by atoms with Gasteiger partial charge in [0.2, 0.25) is 17.6 Å². The van der Waals surface area contributed by atoms with E-state index in [-0.39, 0.29) is 23.0 Å². The smallest absolute Gasteiger partial charge is 0.228 e. The van der Waals surface area contributed by atoms with Gasteiger partial charge in [0, 0.05) is 18.4 Å². The van der Waals surface area contributed by atoms with Crippen LogP contribution in [0.15, 0.2) is 28.8 Å². The van der Waals surface area contributed by atoms with E-state index < -0.39 is 0 Å². The molecule has 4 aliphatic carbocycles. The third kappa shape index (κ3) is 3.05. The molecule has 1 N–H and O–H groups in total. The van der Waals surface area contributed by atoms with Gasteiger partial charge in [0.05, 0.1) is 5.56 Å². The molecule has 2 aromatic rings. The first kappa shape index (κ1) is 16.9. The lowest BCUT2D eigenvalue weighted by Crippen LogP contribution is -2.53. The minimum absolute atomic E-state index is 0.137. The Morgan fingerprint density at radius 3 is 2.48 bits per heavy atom. The lowest BCUT2D eigenvalue weighted by Gasteiger charge is -2.55. The van der Waals surface area contributed by atoms with Crippen molar-refractivity contribution in [2.24, 2.45) is 23.2 Å². The van der Waals surface area contributed by atoms with Crippen molar-refractivity contribution in [3.8, 4) is 11.4 Å². The van der Waals surface area contributed by atoms with Gasteiger partial charge in [-0.15, -0.1) is 0 Å². The van der Waals surface area contributed by atoms with Crippen LogP contribution in [0.2, 0.25) is 0 Å². The summed E-state index contributed by atoms with van der Waals surface area (Å²) in [4.78, 5) is 17.2. The molecule has 1 aromatic carbocycles. The number of rotatable bonds is 5. The maximum atomic E-state index is 13.8. The van der Waals surface area contributed by atoms with Crippen LogP contribution < -0.4 is 5.32 Å². The van der Waals surface area contributed by atoms with E-state index in [2.05, 4.69) is 15.5 Å². The number of aromatic nitrogens is 2. The van der Waals surface area contributed by atoms with Crippen LogP contribution in [0.3, 0.4) is 0 Å². The van der Waals surface area contributed by atoms with Crippen LogP contribution in [0.1, 0.15) is 44.4 Å². The number of nitrogens with one attached hydrogen (secondary N) is 1. The average Bonchev–Trinajstić information content (AvgIpc) is 3.09. The number of carbonyl (C=O) groups is 1. The van der Waals surface area contributed by atoms with Gasteiger partial charge in [-0.2, -0.15) is 4.98 Å². The Morgan fingerprint density at radius 1 is 1.15 bits per heavy atom. The largest absolute Gasteiger partial charge is 0.355 e. The minimum Gasteiger partial charge on any atom is -0.355 e. The number of benzene rings is 1. The van der Waals surface area contributed by atoms with E-state index in [0.717, 1.165) is 37.0 Å². The highest BCUT2D eigenvalue weighted by atomic mass is 19.1. The van der Waals surface area contributed by atoms with Crippen molar-refractivity contribution >= 4 is 5.91 Å². The summed E-state index contributed by atoms with van der Waals surface area (Å²) in [5, 5.41) is 6.97. The molecule has 5 nitrogen and oxygen atoms in total. The molecule has 0 aliphatic heterocycles. The van der Waals surface area contributed by atoms with Crippen molar-refractivity contribution in [2.75, 3.05) is 6.54 Å². The summed E-state index contributed by atoms with van der Waals surface area (Å²) >= 11 is 0. The number of hydrogen-bond donors (Lipinski definition) is 1. The maximum Gasteiger partial charge on any atom is 0.228 e. The lowest BCUT2D eigenvalue weighted by atomic mass is 9.49. The summed E-state index contributed by atoms with van der Waals surface area (Å²) in [6, 6.07) is 6.36. The Kier molecular flexibility index (Phi) is 4.02. The van der Waals surface area contributed by atoms with Gasteiger partial charge in [0.25, 0.3) is 0 Å². The van der Waals surface area contributed by atoms with Gasteiger partial charge < -0.3 is 9.84 Å². The molecule has 1 amide bonds. The first-order chi connectivity index (χ1) is 13.1. The van der Waals surface area contributed by atoms with Crippen molar-refractivity contribution < 1.29 is 13.7 Å². The van der Waals surface area contributed by atoms with Crippen LogP contribution in [0.4, 0.5) is 4.39 Å². The van der Waals surface area contributed by atoms with Crippen LogP contribution in [0, 0.1) is 29.0 Å². The number of nitrogens with zero attached hydrogens (tertiary/aromatic N) is 2. The zero-order valence-electron chi connectivity index (χ0n) is 15.3. The van der Waals surface area contributed by atoms with Gasteiger partial charge in [0.1, 0.15) is 5.82 Å². The summed E-state index contributed by atoms with van der Waals surface area (Å²) in [6.07, 6.45) is 7.61. The van der Waals surface area contributed by atoms with Gasteiger partial charge >= 0.3 is 0 Å². The number of halogens is 1. The molecule has 1 heterocycles. The van der Waals surface area contributed by atoms with Crippen molar-refractivity contribution in [3.05, 3.63) is 36.0 Å². The molecule has 0 saturated heterocycles. The Bertz CT molecular complexity index is 827. The average molecular weight is 369 g/mol. The number of hydrogen-bond acceptors (Lipinski definition) is 4. The Hall–Kier alpha value is -2.24. The fourth-order valence-corrected chi connectivity index (χ4v) is 5.97. The molecule has 4 aliphatic rings. The van der Waals surface area contributed by atoms with Gasteiger partial charge in [-0.1, -0.05) is 17.3 Å². The first-order valence-corrected chi connectivity index (χ1v) is 9.97. The van der Waals surface area contributed by atoms with Crippen LogP contribution in [0.25, 0.3) is 11.4 Å². The minimum atomic E-state index is -0.375.